The van der Waals surface area contributed by atoms with E-state index < -0.39 is 17.7 Å². The molecule has 1 atom stereocenters. The Hall–Kier alpha value is -3.28. The van der Waals surface area contributed by atoms with E-state index in [1.807, 2.05) is 19.1 Å². The number of nitrogens with zero attached hydrogens (tertiary/aromatic N) is 1. The molecule has 140 valence electrons. The maximum atomic E-state index is 12.8. The summed E-state index contributed by atoms with van der Waals surface area (Å²) in [5, 5.41) is 10.4. The zero-order chi connectivity index (χ0) is 19.7. The van der Waals surface area contributed by atoms with Crippen LogP contribution in [0.15, 0.2) is 53.8 Å². The Morgan fingerprint density at radius 1 is 1.07 bits per heavy atom. The Kier molecular flexibility index (Phi) is 4.90. The van der Waals surface area contributed by atoms with E-state index >= 15 is 0 Å². The summed E-state index contributed by atoms with van der Waals surface area (Å²) in [6, 6.07) is 11.6. The molecular weight excluding hydrogens is 346 g/mol. The molecule has 1 heterocycles. The van der Waals surface area contributed by atoms with Gasteiger partial charge in [0.05, 0.1) is 25.8 Å². The molecule has 6 heteroatoms. The molecule has 2 aromatic rings. The summed E-state index contributed by atoms with van der Waals surface area (Å²) in [5.41, 5.74) is 2.19. The van der Waals surface area contributed by atoms with Gasteiger partial charge in [-0.3, -0.25) is 14.5 Å². The summed E-state index contributed by atoms with van der Waals surface area (Å²) in [6.45, 7) is 3.27. The second kappa shape index (κ2) is 7.15. The van der Waals surface area contributed by atoms with Gasteiger partial charge in [0.2, 0.25) is 0 Å². The van der Waals surface area contributed by atoms with Gasteiger partial charge in [-0.2, -0.15) is 0 Å². The molecule has 0 saturated heterocycles. The van der Waals surface area contributed by atoms with Crippen LogP contribution in [0.3, 0.4) is 0 Å². The number of methoxy groups -OCH3 is 2. The predicted molar refractivity (Wildman–Crippen MR) is 101 cm³/mol. The number of rotatable bonds is 5. The maximum Gasteiger partial charge on any atom is 0.294 e. The molecule has 0 unspecified atom stereocenters. The summed E-state index contributed by atoms with van der Waals surface area (Å²) in [5.74, 6) is -0.516. The molecule has 2 aromatic carbocycles. The van der Waals surface area contributed by atoms with Crippen LogP contribution in [0.25, 0.3) is 0 Å². The summed E-state index contributed by atoms with van der Waals surface area (Å²) in [7, 11) is 3.04. The van der Waals surface area contributed by atoms with Crippen LogP contribution in [0.2, 0.25) is 0 Å². The number of carbonyl (C=O) groups is 2. The smallest absolute Gasteiger partial charge is 0.294 e. The monoisotopic (exact) mass is 367 g/mol. The van der Waals surface area contributed by atoms with E-state index in [1.54, 1.807) is 30.3 Å². The highest BCUT2D eigenvalue weighted by Crippen LogP contribution is 2.44. The largest absolute Gasteiger partial charge is 0.503 e. The lowest BCUT2D eigenvalue weighted by molar-refractivity contribution is -0.117. The SMILES string of the molecule is COc1ccc(OC)c([C@@H]2C(C(C)=O)=C(O)C(=O)N2c2ccc(C)cc2)c1. The van der Waals surface area contributed by atoms with Crippen molar-refractivity contribution in [3.63, 3.8) is 0 Å². The second-order valence-corrected chi connectivity index (χ2v) is 6.34. The van der Waals surface area contributed by atoms with Gasteiger partial charge in [0.25, 0.3) is 5.91 Å². The van der Waals surface area contributed by atoms with Gasteiger partial charge in [0.15, 0.2) is 11.5 Å². The van der Waals surface area contributed by atoms with Gasteiger partial charge >= 0.3 is 0 Å². The Morgan fingerprint density at radius 2 is 1.74 bits per heavy atom. The first-order valence-electron chi connectivity index (χ1n) is 8.45. The molecule has 27 heavy (non-hydrogen) atoms. The zero-order valence-electron chi connectivity index (χ0n) is 15.6. The van der Waals surface area contributed by atoms with E-state index in [1.165, 1.54) is 26.0 Å². The van der Waals surface area contributed by atoms with Crippen molar-refractivity contribution in [2.75, 3.05) is 19.1 Å². The van der Waals surface area contributed by atoms with E-state index in [2.05, 4.69) is 0 Å². The first-order valence-corrected chi connectivity index (χ1v) is 8.45. The summed E-state index contributed by atoms with van der Waals surface area (Å²) >= 11 is 0. The second-order valence-electron chi connectivity index (χ2n) is 6.34. The van der Waals surface area contributed by atoms with E-state index in [-0.39, 0.29) is 11.4 Å². The number of aliphatic hydroxyl groups is 1. The van der Waals surface area contributed by atoms with E-state index in [0.29, 0.717) is 22.7 Å². The molecule has 1 amide bonds. The number of amides is 1. The number of aryl methyl sites for hydroxylation is 1. The fourth-order valence-electron chi connectivity index (χ4n) is 3.28. The predicted octanol–water partition coefficient (Wildman–Crippen LogP) is 3.50. The minimum atomic E-state index is -0.817. The van der Waals surface area contributed by atoms with Crippen LogP contribution in [-0.4, -0.2) is 31.0 Å². The summed E-state index contributed by atoms with van der Waals surface area (Å²) in [6.07, 6.45) is 0. The van der Waals surface area contributed by atoms with Crippen molar-refractivity contribution in [2.45, 2.75) is 19.9 Å². The fourth-order valence-corrected chi connectivity index (χ4v) is 3.28. The Labute approximate surface area is 157 Å². The number of Topliss-reactive ketones (excluding diaryl/α,β-unsaturated/α-hetero) is 1. The van der Waals surface area contributed by atoms with Crippen molar-refractivity contribution in [3.05, 3.63) is 64.9 Å². The first kappa shape index (κ1) is 18.5. The normalized spacial score (nSPS) is 16.7. The Bertz CT molecular complexity index is 930. The van der Waals surface area contributed by atoms with Crippen molar-refractivity contribution in [3.8, 4) is 11.5 Å². The summed E-state index contributed by atoms with van der Waals surface area (Å²) in [4.78, 5) is 26.5. The molecule has 0 radical (unpaired) electrons. The highest BCUT2D eigenvalue weighted by atomic mass is 16.5. The highest BCUT2D eigenvalue weighted by Gasteiger charge is 2.44. The van der Waals surface area contributed by atoms with Crippen LogP contribution in [0.4, 0.5) is 5.69 Å². The number of ketones is 1. The van der Waals surface area contributed by atoms with Gasteiger partial charge in [0.1, 0.15) is 11.5 Å². The lowest BCUT2D eigenvalue weighted by Gasteiger charge is -2.28. The fraction of sp³-hybridized carbons (Fsp3) is 0.238. The van der Waals surface area contributed by atoms with Crippen LogP contribution in [0.1, 0.15) is 24.1 Å². The molecule has 0 spiro atoms. The third-order valence-corrected chi connectivity index (χ3v) is 4.63. The van der Waals surface area contributed by atoms with Gasteiger partial charge in [-0.15, -0.1) is 0 Å². The average Bonchev–Trinajstić information content (AvgIpc) is 2.93. The minimum Gasteiger partial charge on any atom is -0.503 e. The number of aliphatic hydroxyl groups excluding tert-OH is 1. The number of ether oxygens (including phenoxy) is 2. The molecular formula is C21H21NO5. The van der Waals surface area contributed by atoms with Crippen molar-refractivity contribution < 1.29 is 24.2 Å². The quantitative estimate of drug-likeness (QED) is 0.875. The average molecular weight is 367 g/mol. The van der Waals surface area contributed by atoms with Crippen LogP contribution in [-0.2, 0) is 9.59 Å². The van der Waals surface area contributed by atoms with E-state index in [0.717, 1.165) is 5.56 Å². The number of anilines is 1. The van der Waals surface area contributed by atoms with Crippen molar-refractivity contribution in [2.24, 2.45) is 0 Å². The van der Waals surface area contributed by atoms with Crippen LogP contribution >= 0.6 is 0 Å². The van der Waals surface area contributed by atoms with Gasteiger partial charge in [-0.25, -0.2) is 0 Å². The van der Waals surface area contributed by atoms with E-state index in [4.69, 9.17) is 9.47 Å². The third kappa shape index (κ3) is 3.14. The number of carbonyl (C=O) groups excluding carboxylic acids is 2. The van der Waals surface area contributed by atoms with Gasteiger partial charge in [-0.1, -0.05) is 17.7 Å². The van der Waals surface area contributed by atoms with E-state index in [9.17, 15) is 14.7 Å². The third-order valence-electron chi connectivity index (χ3n) is 4.63. The van der Waals surface area contributed by atoms with Gasteiger partial charge in [0, 0.05) is 11.3 Å². The molecule has 0 fully saturated rings. The van der Waals surface area contributed by atoms with Crippen LogP contribution in [0, 0.1) is 6.92 Å². The topological polar surface area (TPSA) is 76.1 Å². The zero-order valence-corrected chi connectivity index (χ0v) is 15.6. The van der Waals surface area contributed by atoms with Crippen LogP contribution in [0.5, 0.6) is 11.5 Å². The summed E-state index contributed by atoms with van der Waals surface area (Å²) < 4.78 is 10.7. The number of hydrogen-bond acceptors (Lipinski definition) is 5. The van der Waals surface area contributed by atoms with Gasteiger partial charge < -0.3 is 14.6 Å². The molecule has 1 aliphatic rings. The molecule has 1 N–H and O–H groups in total. The lowest BCUT2D eigenvalue weighted by Crippen LogP contribution is -2.31. The highest BCUT2D eigenvalue weighted by molar-refractivity contribution is 6.16. The molecule has 0 saturated carbocycles. The first-order chi connectivity index (χ1) is 12.9. The molecule has 3 rings (SSSR count). The minimum absolute atomic E-state index is 0.0344. The molecule has 0 aliphatic carbocycles. The molecule has 1 aliphatic heterocycles. The van der Waals surface area contributed by atoms with Crippen LogP contribution < -0.4 is 14.4 Å². The number of benzene rings is 2. The van der Waals surface area contributed by atoms with Crippen molar-refractivity contribution in [1.82, 2.24) is 0 Å². The Morgan fingerprint density at radius 3 is 2.30 bits per heavy atom. The maximum absolute atomic E-state index is 12.8. The molecule has 0 aromatic heterocycles. The molecule has 6 nitrogen and oxygen atoms in total. The van der Waals surface area contributed by atoms with Crippen molar-refractivity contribution >= 4 is 17.4 Å². The molecule has 0 bridgehead atoms. The van der Waals surface area contributed by atoms with Crippen molar-refractivity contribution in [1.29, 1.82) is 0 Å². The lowest BCUT2D eigenvalue weighted by atomic mass is 9.95. The Balaban J connectivity index is 2.25. The number of hydrogen-bond donors (Lipinski definition) is 1. The standard InChI is InChI=1S/C21H21NO5/c1-12-5-7-14(8-6-12)22-19(18(13(2)23)20(24)21(22)25)16-11-15(26-3)9-10-17(16)27-4/h5-11,19,24H,1-4H3/t19-/m1/s1. The van der Waals surface area contributed by atoms with Gasteiger partial charge in [-0.05, 0) is 44.2 Å².